The normalized spacial score (nSPS) is 11.1. The number of nitriles is 1. The first-order chi connectivity index (χ1) is 10.7. The molecule has 6 nitrogen and oxygen atoms in total. The summed E-state index contributed by atoms with van der Waals surface area (Å²) in [6.45, 7) is 8.99. The minimum atomic E-state index is 0.501. The van der Waals surface area contributed by atoms with Gasteiger partial charge in [0.15, 0.2) is 12.1 Å². The van der Waals surface area contributed by atoms with Gasteiger partial charge in [0.2, 0.25) is 5.96 Å². The number of aryl methyl sites for hydroxylation is 1. The van der Waals surface area contributed by atoms with Crippen LogP contribution in [0.15, 0.2) is 15.5 Å². The summed E-state index contributed by atoms with van der Waals surface area (Å²) >= 11 is 1.79. The van der Waals surface area contributed by atoms with Gasteiger partial charge < -0.3 is 14.6 Å². The molecule has 122 valence electrons. The minimum Gasteiger partial charge on any atom is -0.444 e. The van der Waals surface area contributed by atoms with Crippen LogP contribution in [0, 0.1) is 18.4 Å². The molecule has 0 aromatic carbocycles. The van der Waals surface area contributed by atoms with E-state index in [1.165, 1.54) is 5.56 Å². The van der Waals surface area contributed by atoms with Gasteiger partial charge in [0, 0.05) is 38.5 Å². The average Bonchev–Trinajstić information content (AvgIpc) is 2.88. The highest BCUT2D eigenvalue weighted by atomic mass is 32.2. The molecule has 0 spiro atoms. The van der Waals surface area contributed by atoms with Crippen LogP contribution in [0.25, 0.3) is 0 Å². The number of nitrogens with zero attached hydrogens (tertiary/aromatic N) is 3. The van der Waals surface area contributed by atoms with Gasteiger partial charge in [-0.3, -0.25) is 10.3 Å². The average molecular weight is 323 g/mol. The van der Waals surface area contributed by atoms with E-state index in [-0.39, 0.29) is 0 Å². The molecule has 0 fully saturated rings. The van der Waals surface area contributed by atoms with E-state index >= 15 is 0 Å². The van der Waals surface area contributed by atoms with Crippen molar-refractivity contribution < 1.29 is 4.42 Å². The third kappa shape index (κ3) is 5.53. The zero-order valence-electron chi connectivity index (χ0n) is 13.8. The topological polar surface area (TPSA) is 76.6 Å². The summed E-state index contributed by atoms with van der Waals surface area (Å²) < 4.78 is 5.95. The molecule has 0 saturated carbocycles. The SMILES string of the molecule is CCN(CC)c1cc(C)c(CSCCNC(=NC)NC#N)o1. The minimum absolute atomic E-state index is 0.501. The number of hydrogen-bond donors (Lipinski definition) is 2. The maximum Gasteiger partial charge on any atom is 0.204 e. The Balaban J connectivity index is 2.38. The third-order valence-corrected chi connectivity index (χ3v) is 4.21. The second-order valence-corrected chi connectivity index (χ2v) is 5.76. The number of hydrogen-bond acceptors (Lipinski definition) is 5. The molecule has 1 heterocycles. The molecule has 0 amide bonds. The van der Waals surface area contributed by atoms with Crippen molar-refractivity contribution in [3.63, 3.8) is 0 Å². The Labute approximate surface area is 137 Å². The van der Waals surface area contributed by atoms with E-state index in [1.807, 2.05) is 6.19 Å². The highest BCUT2D eigenvalue weighted by Gasteiger charge is 2.11. The summed E-state index contributed by atoms with van der Waals surface area (Å²) in [5.74, 6) is 4.24. The van der Waals surface area contributed by atoms with Crippen molar-refractivity contribution in [1.82, 2.24) is 10.6 Å². The number of aliphatic imine (C=N–C) groups is 1. The predicted molar refractivity (Wildman–Crippen MR) is 93.3 cm³/mol. The van der Waals surface area contributed by atoms with E-state index in [0.29, 0.717) is 5.96 Å². The molecule has 0 aliphatic carbocycles. The first kappa shape index (κ1) is 18.2. The summed E-state index contributed by atoms with van der Waals surface area (Å²) in [5, 5.41) is 14.1. The fraction of sp³-hybridized carbons (Fsp3) is 0.600. The monoisotopic (exact) mass is 323 g/mol. The lowest BCUT2D eigenvalue weighted by Gasteiger charge is -2.16. The molecule has 0 saturated heterocycles. The van der Waals surface area contributed by atoms with Crippen molar-refractivity contribution in [2.75, 3.05) is 37.3 Å². The van der Waals surface area contributed by atoms with Crippen molar-refractivity contribution in [1.29, 1.82) is 5.26 Å². The molecule has 1 aromatic heterocycles. The molecule has 0 aliphatic heterocycles. The van der Waals surface area contributed by atoms with Crippen LogP contribution in [0.4, 0.5) is 5.88 Å². The largest absolute Gasteiger partial charge is 0.444 e. The van der Waals surface area contributed by atoms with Crippen molar-refractivity contribution in [3.05, 3.63) is 17.4 Å². The fourth-order valence-electron chi connectivity index (χ4n) is 1.97. The van der Waals surface area contributed by atoms with Gasteiger partial charge in [0.05, 0.1) is 5.75 Å². The van der Waals surface area contributed by atoms with Gasteiger partial charge in [-0.15, -0.1) is 0 Å². The Morgan fingerprint density at radius 2 is 2.18 bits per heavy atom. The van der Waals surface area contributed by atoms with Crippen molar-refractivity contribution in [2.45, 2.75) is 26.5 Å². The third-order valence-electron chi connectivity index (χ3n) is 3.25. The van der Waals surface area contributed by atoms with Gasteiger partial charge >= 0.3 is 0 Å². The zero-order valence-corrected chi connectivity index (χ0v) is 14.6. The van der Waals surface area contributed by atoms with E-state index in [1.54, 1.807) is 18.8 Å². The van der Waals surface area contributed by atoms with Gasteiger partial charge in [-0.1, -0.05) is 0 Å². The number of rotatable bonds is 8. The lowest BCUT2D eigenvalue weighted by atomic mass is 10.3. The van der Waals surface area contributed by atoms with E-state index in [9.17, 15) is 0 Å². The highest BCUT2D eigenvalue weighted by molar-refractivity contribution is 7.98. The second kappa shape index (κ2) is 10.0. The lowest BCUT2D eigenvalue weighted by molar-refractivity contribution is 0.516. The summed E-state index contributed by atoms with van der Waals surface area (Å²) in [5.41, 5.74) is 1.20. The van der Waals surface area contributed by atoms with Crippen LogP contribution in [-0.2, 0) is 5.75 Å². The number of furan rings is 1. The van der Waals surface area contributed by atoms with Crippen LogP contribution in [0.3, 0.4) is 0 Å². The predicted octanol–water partition coefficient (Wildman–Crippen LogP) is 2.31. The Bertz CT molecular complexity index is 516. The second-order valence-electron chi connectivity index (χ2n) is 4.65. The van der Waals surface area contributed by atoms with Crippen LogP contribution in [0.1, 0.15) is 25.2 Å². The Hall–Kier alpha value is -1.81. The summed E-state index contributed by atoms with van der Waals surface area (Å²) in [6.07, 6.45) is 1.85. The molecule has 0 aliphatic rings. The Morgan fingerprint density at radius 1 is 1.45 bits per heavy atom. The standard InChI is InChI=1S/C15H25N5OS/c1-5-20(6-2)14-9-12(3)13(21-14)10-22-8-7-18-15(17-4)19-11-16/h9H,5-8,10H2,1-4H3,(H2,17,18,19). The highest BCUT2D eigenvalue weighted by Crippen LogP contribution is 2.25. The maximum atomic E-state index is 8.53. The first-order valence-electron chi connectivity index (χ1n) is 7.43. The molecule has 2 N–H and O–H groups in total. The molecule has 0 radical (unpaired) electrons. The van der Waals surface area contributed by atoms with E-state index in [0.717, 1.165) is 42.8 Å². The molecular weight excluding hydrogens is 298 g/mol. The number of anilines is 1. The molecule has 1 aromatic rings. The van der Waals surface area contributed by atoms with Crippen LogP contribution in [-0.4, -0.2) is 38.4 Å². The van der Waals surface area contributed by atoms with Gasteiger partial charge in [-0.05, 0) is 26.3 Å². The molecule has 7 heteroatoms. The molecular formula is C15H25N5OS. The maximum absolute atomic E-state index is 8.53. The van der Waals surface area contributed by atoms with Gasteiger partial charge in [-0.2, -0.15) is 17.0 Å². The van der Waals surface area contributed by atoms with E-state index in [4.69, 9.17) is 9.68 Å². The first-order valence-corrected chi connectivity index (χ1v) is 8.59. The smallest absolute Gasteiger partial charge is 0.204 e. The summed E-state index contributed by atoms with van der Waals surface area (Å²) in [7, 11) is 1.64. The van der Waals surface area contributed by atoms with Gasteiger partial charge in [0.1, 0.15) is 5.76 Å². The summed E-state index contributed by atoms with van der Waals surface area (Å²) in [4.78, 5) is 6.14. The van der Waals surface area contributed by atoms with E-state index in [2.05, 4.69) is 47.4 Å². The van der Waals surface area contributed by atoms with Crippen molar-refractivity contribution in [2.24, 2.45) is 4.99 Å². The van der Waals surface area contributed by atoms with Gasteiger partial charge in [0.25, 0.3) is 0 Å². The number of thioether (sulfide) groups is 1. The van der Waals surface area contributed by atoms with Crippen LogP contribution < -0.4 is 15.5 Å². The zero-order chi connectivity index (χ0) is 16.4. The van der Waals surface area contributed by atoms with Crippen LogP contribution >= 0.6 is 11.8 Å². The Kier molecular flexibility index (Phi) is 8.30. The van der Waals surface area contributed by atoms with Crippen LogP contribution in [0.2, 0.25) is 0 Å². The molecule has 0 unspecified atom stereocenters. The van der Waals surface area contributed by atoms with E-state index < -0.39 is 0 Å². The lowest BCUT2D eigenvalue weighted by Crippen LogP contribution is -2.35. The quantitative estimate of drug-likeness (QED) is 0.251. The van der Waals surface area contributed by atoms with Crippen LogP contribution in [0.5, 0.6) is 0 Å². The van der Waals surface area contributed by atoms with Crippen molar-refractivity contribution >= 4 is 23.6 Å². The molecule has 22 heavy (non-hydrogen) atoms. The fourth-order valence-corrected chi connectivity index (χ4v) is 2.84. The van der Waals surface area contributed by atoms with Gasteiger partial charge in [-0.25, -0.2) is 0 Å². The molecule has 1 rings (SSSR count). The number of guanidine groups is 1. The Morgan fingerprint density at radius 3 is 2.77 bits per heavy atom. The molecule has 0 bridgehead atoms. The van der Waals surface area contributed by atoms with Crippen molar-refractivity contribution in [3.8, 4) is 6.19 Å². The molecule has 0 atom stereocenters. The number of nitrogens with one attached hydrogen (secondary N) is 2. The summed E-state index contributed by atoms with van der Waals surface area (Å²) in [6, 6.07) is 2.11.